The van der Waals surface area contributed by atoms with Gasteiger partial charge in [0.05, 0.1) is 7.11 Å². The molecule has 0 spiro atoms. The fraction of sp³-hybridized carbons (Fsp3) is 0.333. The summed E-state index contributed by atoms with van der Waals surface area (Å²) in [6.45, 7) is 7.74. The Morgan fingerprint density at radius 2 is 1.77 bits per heavy atom. The maximum atomic E-state index is 12.0. The molecule has 0 amide bonds. The first-order valence-corrected chi connectivity index (χ1v) is 11.8. The lowest BCUT2D eigenvalue weighted by atomic mass is 9.89. The second-order valence-corrected chi connectivity index (χ2v) is 8.25. The number of methoxy groups -OCH3 is 1. The molecule has 5 nitrogen and oxygen atoms in total. The third-order valence-electron chi connectivity index (χ3n) is 6.28. The zero-order valence-corrected chi connectivity index (χ0v) is 21.4. The number of aliphatic hydroxyl groups is 1. The van der Waals surface area contributed by atoms with E-state index >= 15 is 0 Å². The molecule has 0 atom stereocenters. The van der Waals surface area contributed by atoms with E-state index in [9.17, 15) is 9.90 Å². The summed E-state index contributed by atoms with van der Waals surface area (Å²) in [4.78, 5) is 17.9. The molecule has 0 bridgehead atoms. The molecule has 1 aliphatic rings. The highest BCUT2D eigenvalue weighted by Gasteiger charge is 2.23. The second-order valence-electron chi connectivity index (χ2n) is 8.25. The third kappa shape index (κ3) is 7.10. The summed E-state index contributed by atoms with van der Waals surface area (Å²) in [5, 5.41) is 10.8. The van der Waals surface area contributed by atoms with E-state index in [-0.39, 0.29) is 11.3 Å². The van der Waals surface area contributed by atoms with Gasteiger partial charge in [0.2, 0.25) is 0 Å². The van der Waals surface area contributed by atoms with Gasteiger partial charge in [-0.15, -0.1) is 6.42 Å². The van der Waals surface area contributed by atoms with E-state index in [4.69, 9.17) is 11.2 Å². The highest BCUT2D eigenvalue weighted by molar-refractivity contribution is 6.01. The lowest BCUT2D eigenvalue weighted by molar-refractivity contribution is -0.135. The monoisotopic (exact) mass is 472 g/mol. The minimum absolute atomic E-state index is 0.177. The van der Waals surface area contributed by atoms with Crippen LogP contribution in [0, 0.1) is 12.3 Å². The number of ether oxygens (including phenoxy) is 1. The van der Waals surface area contributed by atoms with Crippen molar-refractivity contribution in [3.05, 3.63) is 76.9 Å². The van der Waals surface area contributed by atoms with E-state index in [2.05, 4.69) is 52.2 Å². The molecule has 1 N–H and O–H groups in total. The summed E-state index contributed by atoms with van der Waals surface area (Å²) in [5.74, 6) is 1.88. The number of carbonyl (C=O) groups excluding carboxylic acids is 1. The summed E-state index contributed by atoms with van der Waals surface area (Å²) in [6.07, 6.45) is 11.4. The first-order chi connectivity index (χ1) is 16.9. The van der Waals surface area contributed by atoms with Crippen LogP contribution in [0.3, 0.4) is 0 Å². The normalized spacial score (nSPS) is 15.1. The SMILES string of the molecule is C#C/C(C(=O)OC)=C(/O)c1ccc(N2CCC(c3ccccc3)CC2)cc1/C(C)=C\C.CC=NC. The van der Waals surface area contributed by atoms with Gasteiger partial charge in [0.25, 0.3) is 0 Å². The molecule has 1 fully saturated rings. The van der Waals surface area contributed by atoms with Crippen molar-refractivity contribution in [2.75, 3.05) is 32.1 Å². The van der Waals surface area contributed by atoms with Crippen LogP contribution in [0.2, 0.25) is 0 Å². The molecule has 1 heterocycles. The second kappa shape index (κ2) is 13.8. The maximum Gasteiger partial charge on any atom is 0.350 e. The van der Waals surface area contributed by atoms with Gasteiger partial charge in [-0.05, 0) is 80.6 Å². The summed E-state index contributed by atoms with van der Waals surface area (Å²) in [5.41, 5.74) is 4.69. The van der Waals surface area contributed by atoms with Crippen molar-refractivity contribution in [2.24, 2.45) is 4.99 Å². The predicted octanol–water partition coefficient (Wildman–Crippen LogP) is 6.28. The van der Waals surface area contributed by atoms with Crippen molar-refractivity contribution >= 4 is 29.2 Å². The Kier molecular flexibility index (Phi) is 10.8. The van der Waals surface area contributed by atoms with Crippen molar-refractivity contribution in [3.63, 3.8) is 0 Å². The van der Waals surface area contributed by atoms with E-state index < -0.39 is 5.97 Å². The maximum absolute atomic E-state index is 12.0. The van der Waals surface area contributed by atoms with E-state index in [1.165, 1.54) is 12.7 Å². The standard InChI is InChI=1S/C27H29NO3.C3H7N/c1-5-19(3)25-18-22(12-13-24(25)26(29)23(6-2)27(30)31-4)28-16-14-21(15-17-28)20-10-8-7-9-11-20;1-3-4-2/h2,5,7-13,18,21,29H,14-17H2,1,3-4H3;3H,1-2H3/b19-5-,26-23-;. The number of allylic oxidation sites excluding steroid dienone is 2. The largest absolute Gasteiger partial charge is 0.506 e. The Bertz CT molecular complexity index is 1110. The highest BCUT2D eigenvalue weighted by Crippen LogP contribution is 2.34. The Hall–Kier alpha value is -3.78. The molecular formula is C30H36N2O3. The molecule has 2 aromatic carbocycles. The van der Waals surface area contributed by atoms with Crippen LogP contribution >= 0.6 is 0 Å². The van der Waals surface area contributed by atoms with E-state index in [1.54, 1.807) is 13.3 Å². The van der Waals surface area contributed by atoms with Crippen molar-refractivity contribution in [2.45, 2.75) is 39.5 Å². The molecule has 2 aromatic rings. The van der Waals surface area contributed by atoms with Crippen molar-refractivity contribution in [3.8, 4) is 12.3 Å². The fourth-order valence-electron chi connectivity index (χ4n) is 4.07. The molecule has 0 unspecified atom stereocenters. The molecular weight excluding hydrogens is 436 g/mol. The van der Waals surface area contributed by atoms with Crippen LogP contribution in [0.25, 0.3) is 11.3 Å². The van der Waals surface area contributed by atoms with Gasteiger partial charge in [-0.25, -0.2) is 4.79 Å². The minimum atomic E-state index is -0.726. The molecule has 1 saturated heterocycles. The van der Waals surface area contributed by atoms with Gasteiger partial charge in [0.15, 0.2) is 5.57 Å². The van der Waals surface area contributed by atoms with Crippen LogP contribution in [0.4, 0.5) is 5.69 Å². The summed E-state index contributed by atoms with van der Waals surface area (Å²) in [6, 6.07) is 16.6. The van der Waals surface area contributed by atoms with E-state index in [0.29, 0.717) is 11.5 Å². The van der Waals surface area contributed by atoms with Crippen LogP contribution in [0.1, 0.15) is 56.2 Å². The Balaban J connectivity index is 0.00000100. The Morgan fingerprint density at radius 1 is 1.14 bits per heavy atom. The fourth-order valence-corrected chi connectivity index (χ4v) is 4.07. The first-order valence-electron chi connectivity index (χ1n) is 11.8. The van der Waals surface area contributed by atoms with Gasteiger partial charge < -0.3 is 19.7 Å². The molecule has 0 radical (unpaired) electrons. The number of aliphatic imine (C=N–C) groups is 1. The number of rotatable bonds is 5. The van der Waals surface area contributed by atoms with Crippen molar-refractivity contribution < 1.29 is 14.6 Å². The third-order valence-corrected chi connectivity index (χ3v) is 6.28. The number of terminal acetylenes is 1. The number of benzene rings is 2. The lowest BCUT2D eigenvalue weighted by Gasteiger charge is -2.34. The van der Waals surface area contributed by atoms with Crippen LogP contribution in [0.5, 0.6) is 0 Å². The Morgan fingerprint density at radius 3 is 2.29 bits per heavy atom. The molecule has 3 rings (SSSR count). The number of piperidine rings is 1. The number of nitrogens with zero attached hydrogens (tertiary/aromatic N) is 2. The number of hydrogen-bond acceptors (Lipinski definition) is 5. The topological polar surface area (TPSA) is 62.1 Å². The van der Waals surface area contributed by atoms with Crippen LogP contribution < -0.4 is 4.90 Å². The smallest absolute Gasteiger partial charge is 0.350 e. The summed E-state index contributed by atoms with van der Waals surface area (Å²) in [7, 11) is 2.99. The Labute approximate surface area is 209 Å². The number of hydrogen-bond donors (Lipinski definition) is 1. The molecule has 0 aromatic heterocycles. The quantitative estimate of drug-likeness (QED) is 0.183. The van der Waals surface area contributed by atoms with E-state index in [1.807, 2.05) is 39.0 Å². The summed E-state index contributed by atoms with van der Waals surface area (Å²) >= 11 is 0. The first kappa shape index (κ1) is 27.5. The average Bonchev–Trinajstić information content (AvgIpc) is 2.93. The van der Waals surface area contributed by atoms with E-state index in [0.717, 1.165) is 42.8 Å². The zero-order chi connectivity index (χ0) is 25.8. The minimum Gasteiger partial charge on any atom is -0.506 e. The molecule has 0 aliphatic carbocycles. The zero-order valence-electron chi connectivity index (χ0n) is 21.4. The highest BCUT2D eigenvalue weighted by atomic mass is 16.5. The number of aliphatic hydroxyl groups excluding tert-OH is 1. The van der Waals surface area contributed by atoms with Gasteiger partial charge >= 0.3 is 5.97 Å². The van der Waals surface area contributed by atoms with Crippen LogP contribution in [-0.4, -0.2) is 44.5 Å². The van der Waals surface area contributed by atoms with Crippen LogP contribution in [-0.2, 0) is 9.53 Å². The lowest BCUT2D eigenvalue weighted by Crippen LogP contribution is -2.32. The van der Waals surface area contributed by atoms with Gasteiger partial charge in [0, 0.05) is 31.4 Å². The van der Waals surface area contributed by atoms with Gasteiger partial charge in [0.1, 0.15) is 5.76 Å². The molecule has 5 heteroatoms. The van der Waals surface area contributed by atoms with Gasteiger partial charge in [-0.2, -0.15) is 0 Å². The number of esters is 1. The van der Waals surface area contributed by atoms with Crippen molar-refractivity contribution in [1.82, 2.24) is 0 Å². The average molecular weight is 473 g/mol. The number of carbonyl (C=O) groups is 1. The molecule has 1 aliphatic heterocycles. The van der Waals surface area contributed by atoms with Gasteiger partial charge in [-0.3, -0.25) is 0 Å². The number of anilines is 1. The van der Waals surface area contributed by atoms with Crippen LogP contribution in [0.15, 0.2) is 65.2 Å². The van der Waals surface area contributed by atoms with Crippen molar-refractivity contribution in [1.29, 1.82) is 0 Å². The molecule has 0 saturated carbocycles. The summed E-state index contributed by atoms with van der Waals surface area (Å²) < 4.78 is 4.72. The predicted molar refractivity (Wildman–Crippen MR) is 147 cm³/mol. The van der Waals surface area contributed by atoms with Gasteiger partial charge in [-0.1, -0.05) is 42.3 Å². The molecule has 35 heavy (non-hydrogen) atoms. The molecule has 184 valence electrons.